The molecule has 0 unspecified atom stereocenters. The number of thiazole rings is 1. The number of aromatic nitrogens is 3. The van der Waals surface area contributed by atoms with Crippen molar-refractivity contribution >= 4 is 38.6 Å². The number of hydrogen-bond donors (Lipinski definition) is 0. The molecule has 12 heteroatoms. The summed E-state index contributed by atoms with van der Waals surface area (Å²) in [6.45, 7) is 0. The highest BCUT2D eigenvalue weighted by Gasteiger charge is 2.35. The fourth-order valence-corrected chi connectivity index (χ4v) is 4.15. The Balaban J connectivity index is 1.71. The first kappa shape index (κ1) is 19.5. The third kappa shape index (κ3) is 4.93. The molecule has 2 heterocycles. The van der Waals surface area contributed by atoms with Crippen LogP contribution in [0.25, 0.3) is 11.4 Å². The van der Waals surface area contributed by atoms with Crippen LogP contribution in [0.15, 0.2) is 39.7 Å². The summed E-state index contributed by atoms with van der Waals surface area (Å²) in [6, 6.07) is 5.48. The highest BCUT2D eigenvalue weighted by Crippen LogP contribution is 2.32. The highest BCUT2D eigenvalue weighted by atomic mass is 35.5. The van der Waals surface area contributed by atoms with Gasteiger partial charge in [0.25, 0.3) is 0 Å². The minimum Gasteiger partial charge on any atom is -0.331 e. The van der Waals surface area contributed by atoms with E-state index >= 15 is 0 Å². The van der Waals surface area contributed by atoms with Gasteiger partial charge in [0.1, 0.15) is 5.75 Å². The normalized spacial score (nSPS) is 12.3. The molecule has 0 atom stereocenters. The molecule has 2 aromatic heterocycles. The predicted molar refractivity (Wildman–Crippen MR) is 93.4 cm³/mol. The van der Waals surface area contributed by atoms with Crippen molar-refractivity contribution in [3.63, 3.8) is 0 Å². The summed E-state index contributed by atoms with van der Waals surface area (Å²) in [5, 5.41) is 1.20. The Morgan fingerprint density at radius 3 is 2.52 bits per heavy atom. The number of nitrogens with zero attached hydrogens (tertiary/aromatic N) is 3. The summed E-state index contributed by atoms with van der Waals surface area (Å²) in [5.74, 6) is -2.78. The molecule has 7 nitrogen and oxygen atoms in total. The van der Waals surface area contributed by atoms with E-state index in [1.807, 2.05) is 0 Å². The van der Waals surface area contributed by atoms with Crippen molar-refractivity contribution in [1.82, 2.24) is 15.1 Å². The molecule has 0 N–H and O–H groups in total. The van der Waals surface area contributed by atoms with Crippen molar-refractivity contribution in [3.8, 4) is 11.4 Å². The van der Waals surface area contributed by atoms with Gasteiger partial charge in [-0.2, -0.15) is 13.8 Å². The van der Waals surface area contributed by atoms with Crippen molar-refractivity contribution in [3.05, 3.63) is 52.3 Å². The third-order valence-electron chi connectivity index (χ3n) is 3.34. The Kier molecular flexibility index (Phi) is 5.36. The Hall–Kier alpha value is -2.24. The van der Waals surface area contributed by atoms with Crippen LogP contribution < -0.4 is 0 Å². The number of carbonyl (C=O) groups is 1. The van der Waals surface area contributed by atoms with Crippen LogP contribution in [0, 0.1) is 0 Å². The van der Waals surface area contributed by atoms with E-state index in [9.17, 15) is 22.0 Å². The van der Waals surface area contributed by atoms with Crippen LogP contribution in [-0.2, 0) is 21.0 Å². The second-order valence-electron chi connectivity index (χ2n) is 5.43. The first-order valence-corrected chi connectivity index (χ1v) is 10.4. The van der Waals surface area contributed by atoms with E-state index in [1.54, 1.807) is 5.38 Å². The standard InChI is InChI=1S/C15H10ClF2N3O4S2/c16-15(17,18)14-20-13(21-25-14)10-3-1-9(2-4-10)12(22)7-27(23,24)6-11-5-26-8-19-11/h1-5,8H,6-7H2. The van der Waals surface area contributed by atoms with Gasteiger partial charge in [0.15, 0.2) is 15.6 Å². The first-order chi connectivity index (χ1) is 12.6. The molecule has 1 aromatic carbocycles. The largest absolute Gasteiger partial charge is 0.400 e. The van der Waals surface area contributed by atoms with Gasteiger partial charge in [-0.25, -0.2) is 13.4 Å². The molecule has 0 radical (unpaired) electrons. The molecule has 0 fully saturated rings. The van der Waals surface area contributed by atoms with Crippen LogP contribution in [0.5, 0.6) is 0 Å². The monoisotopic (exact) mass is 433 g/mol. The average molecular weight is 434 g/mol. The van der Waals surface area contributed by atoms with E-state index in [-0.39, 0.29) is 17.1 Å². The van der Waals surface area contributed by atoms with Crippen molar-refractivity contribution in [1.29, 1.82) is 0 Å². The van der Waals surface area contributed by atoms with Crippen LogP contribution in [-0.4, -0.2) is 35.1 Å². The molecule has 0 aliphatic rings. The second-order valence-corrected chi connectivity index (χ2v) is 8.69. The first-order valence-electron chi connectivity index (χ1n) is 7.26. The molecule has 0 aliphatic carbocycles. The number of ketones is 1. The molecule has 3 rings (SSSR count). The van der Waals surface area contributed by atoms with E-state index in [0.717, 1.165) is 0 Å². The summed E-state index contributed by atoms with van der Waals surface area (Å²) >= 11 is 6.07. The van der Waals surface area contributed by atoms with E-state index in [0.29, 0.717) is 11.3 Å². The zero-order valence-electron chi connectivity index (χ0n) is 13.3. The predicted octanol–water partition coefficient (Wildman–Crippen LogP) is 3.28. The maximum atomic E-state index is 12.9. The average Bonchev–Trinajstić information content (AvgIpc) is 3.25. The van der Waals surface area contributed by atoms with Gasteiger partial charge in [0.05, 0.1) is 17.0 Å². The molecule has 0 amide bonds. The summed E-state index contributed by atoms with van der Waals surface area (Å²) in [7, 11) is -3.67. The van der Waals surface area contributed by atoms with Gasteiger partial charge in [-0.15, -0.1) is 11.3 Å². The van der Waals surface area contributed by atoms with Crippen LogP contribution in [0.2, 0.25) is 0 Å². The Labute approximate surface area is 160 Å². The molecule has 3 aromatic rings. The van der Waals surface area contributed by atoms with Gasteiger partial charge in [0, 0.05) is 16.5 Å². The van der Waals surface area contributed by atoms with E-state index in [2.05, 4.69) is 19.6 Å². The summed E-state index contributed by atoms with van der Waals surface area (Å²) < 4.78 is 54.4. The van der Waals surface area contributed by atoms with Crippen LogP contribution in [0.4, 0.5) is 8.78 Å². The minimum atomic E-state index is -3.78. The third-order valence-corrected chi connectivity index (χ3v) is 5.57. The second kappa shape index (κ2) is 7.41. The van der Waals surface area contributed by atoms with Crippen molar-refractivity contribution in [2.75, 3.05) is 5.75 Å². The topological polar surface area (TPSA) is 103 Å². The lowest BCUT2D eigenvalue weighted by Crippen LogP contribution is -2.18. The number of hydrogen-bond acceptors (Lipinski definition) is 8. The smallest absolute Gasteiger partial charge is 0.331 e. The number of Topliss-reactive ketones (excluding diaryl/α,β-unsaturated/α-hetero) is 1. The maximum absolute atomic E-state index is 12.9. The Morgan fingerprint density at radius 2 is 1.96 bits per heavy atom. The fraction of sp³-hybridized carbons (Fsp3) is 0.200. The number of rotatable bonds is 7. The number of alkyl halides is 3. The van der Waals surface area contributed by atoms with Gasteiger partial charge in [-0.05, 0) is 11.6 Å². The molecular formula is C15H10ClF2N3O4S2. The zero-order chi connectivity index (χ0) is 19.7. The van der Waals surface area contributed by atoms with Gasteiger partial charge in [0.2, 0.25) is 5.82 Å². The number of sulfone groups is 1. The van der Waals surface area contributed by atoms with Crippen molar-refractivity contribution < 1.29 is 26.5 Å². The lowest BCUT2D eigenvalue weighted by atomic mass is 10.1. The molecule has 0 saturated heterocycles. The van der Waals surface area contributed by atoms with Crippen LogP contribution in [0.3, 0.4) is 0 Å². The molecule has 0 aliphatic heterocycles. The SMILES string of the molecule is O=C(CS(=O)(=O)Cc1cscn1)c1ccc(-c2noc(C(F)(F)Cl)n2)cc1. The molecular weight excluding hydrogens is 424 g/mol. The maximum Gasteiger partial charge on any atom is 0.400 e. The van der Waals surface area contributed by atoms with Gasteiger partial charge in [-0.1, -0.05) is 29.4 Å². The zero-order valence-corrected chi connectivity index (χ0v) is 15.7. The Bertz CT molecular complexity index is 1050. The highest BCUT2D eigenvalue weighted by molar-refractivity contribution is 7.91. The summed E-state index contributed by atoms with van der Waals surface area (Å²) in [6.07, 6.45) is 0. The lowest BCUT2D eigenvalue weighted by molar-refractivity contribution is 0.0551. The van der Waals surface area contributed by atoms with E-state index < -0.39 is 32.6 Å². The van der Waals surface area contributed by atoms with E-state index in [1.165, 1.54) is 41.1 Å². The quantitative estimate of drug-likeness (QED) is 0.416. The van der Waals surface area contributed by atoms with Gasteiger partial charge >= 0.3 is 11.3 Å². The van der Waals surface area contributed by atoms with Crippen molar-refractivity contribution in [2.45, 2.75) is 11.1 Å². The lowest BCUT2D eigenvalue weighted by Gasteiger charge is -2.03. The summed E-state index contributed by atoms with van der Waals surface area (Å²) in [5.41, 5.74) is 2.33. The fourth-order valence-electron chi connectivity index (χ4n) is 2.13. The van der Waals surface area contributed by atoms with Gasteiger partial charge < -0.3 is 4.52 Å². The molecule has 27 heavy (non-hydrogen) atoms. The molecule has 0 spiro atoms. The molecule has 0 bridgehead atoms. The van der Waals surface area contributed by atoms with Gasteiger partial charge in [-0.3, -0.25) is 4.79 Å². The number of halogens is 3. The van der Waals surface area contributed by atoms with Crippen LogP contribution in [0.1, 0.15) is 21.9 Å². The number of benzene rings is 1. The van der Waals surface area contributed by atoms with Crippen LogP contribution >= 0.6 is 22.9 Å². The van der Waals surface area contributed by atoms with Crippen molar-refractivity contribution in [2.24, 2.45) is 0 Å². The van der Waals surface area contributed by atoms with E-state index in [4.69, 9.17) is 11.6 Å². The number of carbonyl (C=O) groups excluding carboxylic acids is 1. The molecule has 0 saturated carbocycles. The Morgan fingerprint density at radius 1 is 1.26 bits per heavy atom. The molecule has 142 valence electrons. The minimum absolute atomic E-state index is 0.138. The summed E-state index contributed by atoms with van der Waals surface area (Å²) in [4.78, 5) is 19.6.